The zero-order chi connectivity index (χ0) is 72.5. The van der Waals surface area contributed by atoms with Crippen molar-refractivity contribution in [3.05, 3.63) is 11.6 Å². The maximum atomic E-state index is 15.8. The molecule has 10 fully saturated rings. The molecule has 4 saturated carbocycles. The summed E-state index contributed by atoms with van der Waals surface area (Å²) < 4.78 is 78.8. The number of aliphatic hydroxyl groups excluding tert-OH is 16. The van der Waals surface area contributed by atoms with Crippen molar-refractivity contribution >= 4 is 18.2 Å². The molecule has 6 aliphatic heterocycles. The molecule has 0 spiro atoms. The smallest absolute Gasteiger partial charge is 0.335 e. The molecule has 6 saturated heterocycles. The van der Waals surface area contributed by atoms with E-state index in [1.807, 2.05) is 0 Å². The summed E-state index contributed by atoms with van der Waals surface area (Å²) in [6.07, 6.45) is -48.0. The minimum Gasteiger partial charge on any atom is -0.479 e. The Kier molecular flexibility index (Phi) is 22.5. The number of carbonyl (C=O) groups is 3. The first-order valence-electron chi connectivity index (χ1n) is 34.5. The van der Waals surface area contributed by atoms with Crippen molar-refractivity contribution in [3.8, 4) is 0 Å². The highest BCUT2D eigenvalue weighted by atomic mass is 16.8. The summed E-state index contributed by atoms with van der Waals surface area (Å²) >= 11 is 0. The highest BCUT2D eigenvalue weighted by Crippen LogP contribution is 2.76. The number of aliphatic hydroxyl groups is 16. The molecule has 11 aliphatic rings. The molecule has 0 aromatic carbocycles. The molecule has 32 unspecified atom stereocenters. The molecule has 17 N–H and O–H groups in total. The van der Waals surface area contributed by atoms with Gasteiger partial charge in [-0.3, -0.25) is 4.79 Å². The van der Waals surface area contributed by atoms with Crippen LogP contribution in [0.5, 0.6) is 0 Å². The van der Waals surface area contributed by atoms with Crippen molar-refractivity contribution in [3.63, 3.8) is 0 Å². The summed E-state index contributed by atoms with van der Waals surface area (Å²) in [5.41, 5.74) is -4.71. The second-order valence-corrected chi connectivity index (χ2v) is 31.4. The number of hydrogen-bond acceptors (Lipinski definition) is 32. The summed E-state index contributed by atoms with van der Waals surface area (Å²) in [5, 5.41) is 187. The van der Waals surface area contributed by atoms with Crippen LogP contribution in [0, 0.1) is 50.2 Å². The van der Waals surface area contributed by atoms with Crippen LogP contribution in [0.15, 0.2) is 11.6 Å². The van der Waals surface area contributed by atoms with Gasteiger partial charge >= 0.3 is 11.9 Å². The second kappa shape index (κ2) is 28.8. The lowest BCUT2D eigenvalue weighted by molar-refractivity contribution is -0.391. The number of carboxylic acid groups (broad SMARTS) is 1. The van der Waals surface area contributed by atoms with Gasteiger partial charge in [-0.15, -0.1) is 0 Å². The standard InChI is InChI=1S/C66H104O33/c1-24-35(72)42(79)50(96-58-51(47(87-9)36(73)25(2)90-58)97-55-44(81)40(77)38(75)29(20-67)91-55)57(89-24)99-60(86)66-17-16-61(3,4)18-27(66)26-10-11-32-62(5)14-13-34(63(6,23-69)31(62)12-15-64(32,7)65(26,8)19-33(66)71)93-59-52(98-56-45(82)41(78)39(76)30(21-68)92-56)48(46(83)49(95-59)53(84)85)94-54-43(80)37(74)28(70)22-88-54/h10,23-25,27-52,54-59,67-68,70-83H,11-22H2,1-9H3,(H,84,85)/t24?,25?,27?,28?,29?,30?,31?,32?,33-,34+,35?,36?,37?,38?,39?,40?,41?,42?,43?,44?,45?,46?,47?,48?,49?,50?,51?,52?,54?,55?,56?,57?,58?,59?,62+,63+,64-,65-,66-/m1/s1. The quantitative estimate of drug-likeness (QED) is 0.0281. The van der Waals surface area contributed by atoms with Crippen molar-refractivity contribution in [1.82, 2.24) is 0 Å². The van der Waals surface area contributed by atoms with Gasteiger partial charge in [0, 0.05) is 7.11 Å². The number of carboxylic acids is 1. The Morgan fingerprint density at radius 3 is 1.69 bits per heavy atom. The van der Waals surface area contributed by atoms with E-state index in [1.165, 1.54) is 21.0 Å². The molecule has 33 heteroatoms. The minimum atomic E-state index is -2.21. The number of allylic oxidation sites excluding steroid dienone is 2. The summed E-state index contributed by atoms with van der Waals surface area (Å²) in [6.45, 7) is 12.9. The fraction of sp³-hybridized carbons (Fsp3) is 0.924. The van der Waals surface area contributed by atoms with Gasteiger partial charge in [0.25, 0.3) is 0 Å². The lowest BCUT2D eigenvalue weighted by atomic mass is 9.33. The van der Waals surface area contributed by atoms with Crippen LogP contribution in [-0.2, 0) is 76.0 Å². The first-order valence-corrected chi connectivity index (χ1v) is 34.5. The fourth-order valence-corrected chi connectivity index (χ4v) is 19.2. The molecule has 0 amide bonds. The van der Waals surface area contributed by atoms with Crippen molar-refractivity contribution in [2.45, 2.75) is 304 Å². The predicted molar refractivity (Wildman–Crippen MR) is 326 cm³/mol. The van der Waals surface area contributed by atoms with Gasteiger partial charge in [-0.2, -0.15) is 0 Å². The maximum absolute atomic E-state index is 15.8. The highest BCUT2D eigenvalue weighted by molar-refractivity contribution is 5.80. The van der Waals surface area contributed by atoms with Crippen molar-refractivity contribution < 1.29 is 163 Å². The molecule has 0 aromatic rings. The van der Waals surface area contributed by atoms with E-state index in [0.717, 1.165) is 11.9 Å². The van der Waals surface area contributed by atoms with Crippen LogP contribution >= 0.6 is 0 Å². The van der Waals surface area contributed by atoms with Gasteiger partial charge in [0.1, 0.15) is 128 Å². The van der Waals surface area contributed by atoms with E-state index in [0.29, 0.717) is 38.5 Å². The molecule has 566 valence electrons. The number of esters is 1. The van der Waals surface area contributed by atoms with Gasteiger partial charge in [-0.1, -0.05) is 53.2 Å². The molecule has 11 rings (SSSR count). The number of rotatable bonds is 17. The van der Waals surface area contributed by atoms with E-state index in [4.69, 9.17) is 61.6 Å². The summed E-state index contributed by atoms with van der Waals surface area (Å²) in [7, 11) is 1.23. The highest BCUT2D eigenvalue weighted by Gasteiger charge is 2.73. The molecular formula is C66H104O33. The van der Waals surface area contributed by atoms with Crippen molar-refractivity contribution in [2.24, 2.45) is 50.2 Å². The lowest BCUT2D eigenvalue weighted by Gasteiger charge is -2.71. The minimum absolute atomic E-state index is 0.0567. The SMILES string of the molecule is COC1C(O)C(C)OC(OC2C(OC(=O)[C@]34CCC(C)(C)CC3C3=CCC5[C@@]6(C)CC[C@H](OC7OC(C(=O)O)C(O)C(OC8OCC(O)C(O)C8O)C7OC7OC(CO)C(O)C(O)C7O)[C@@](C)(C=O)C6CC[C@@]5(C)[C@]3(C)C[C@H]4O)OC(C)C(O)C2O)C1OC1OC(CO)C(O)C(O)C1O. The molecular weight excluding hydrogens is 1320 g/mol. The van der Waals surface area contributed by atoms with Crippen LogP contribution in [0.3, 0.4) is 0 Å². The number of hydrogen-bond donors (Lipinski definition) is 17. The number of ether oxygens (including phenoxy) is 13. The molecule has 0 aromatic heterocycles. The zero-order valence-corrected chi connectivity index (χ0v) is 56.9. The molecule has 99 heavy (non-hydrogen) atoms. The molecule has 0 radical (unpaired) electrons. The molecule has 0 bridgehead atoms. The van der Waals surface area contributed by atoms with Crippen molar-refractivity contribution in [2.75, 3.05) is 26.9 Å². The predicted octanol–water partition coefficient (Wildman–Crippen LogP) is -4.80. The van der Waals surface area contributed by atoms with Gasteiger partial charge in [-0.05, 0) is 111 Å². The first-order chi connectivity index (χ1) is 46.4. The third-order valence-electron chi connectivity index (χ3n) is 25.4. The summed E-state index contributed by atoms with van der Waals surface area (Å²) in [4.78, 5) is 43.0. The van der Waals surface area contributed by atoms with E-state index >= 15 is 4.79 Å². The van der Waals surface area contributed by atoms with Crippen molar-refractivity contribution in [1.29, 1.82) is 0 Å². The third-order valence-corrected chi connectivity index (χ3v) is 25.4. The molecule has 6 heterocycles. The lowest BCUT2D eigenvalue weighted by Crippen LogP contribution is -2.69. The Balaban J connectivity index is 0.876. The molecule has 39 atom stereocenters. The van der Waals surface area contributed by atoms with Gasteiger partial charge in [0.15, 0.2) is 43.7 Å². The van der Waals surface area contributed by atoms with Crippen LogP contribution in [0.1, 0.15) is 113 Å². The molecule has 5 aliphatic carbocycles. The number of fused-ring (bicyclic) bond motifs is 7. The number of aldehydes is 1. The summed E-state index contributed by atoms with van der Waals surface area (Å²) in [6, 6.07) is 0. The third kappa shape index (κ3) is 13.0. The van der Waals surface area contributed by atoms with Crippen LogP contribution in [0.25, 0.3) is 0 Å². The Morgan fingerprint density at radius 2 is 1.10 bits per heavy atom. The van der Waals surface area contributed by atoms with Gasteiger partial charge in [-0.25, -0.2) is 4.79 Å². The fourth-order valence-electron chi connectivity index (χ4n) is 19.2. The van der Waals surface area contributed by atoms with Crippen LogP contribution in [0.2, 0.25) is 0 Å². The number of carbonyl (C=O) groups excluding carboxylic acids is 2. The van der Waals surface area contributed by atoms with Crippen LogP contribution < -0.4 is 0 Å². The average Bonchev–Trinajstić information content (AvgIpc) is 0.671. The Hall–Kier alpha value is -2.77. The van der Waals surface area contributed by atoms with E-state index in [1.54, 1.807) is 6.92 Å². The van der Waals surface area contributed by atoms with Gasteiger partial charge in [0.05, 0.1) is 49.7 Å². The second-order valence-electron chi connectivity index (χ2n) is 31.4. The zero-order valence-electron chi connectivity index (χ0n) is 56.9. The summed E-state index contributed by atoms with van der Waals surface area (Å²) in [5.74, 6) is -3.97. The van der Waals surface area contributed by atoms with Gasteiger partial charge in [0.2, 0.25) is 6.29 Å². The monoisotopic (exact) mass is 1420 g/mol. The van der Waals surface area contributed by atoms with Gasteiger partial charge < -0.3 is 153 Å². The number of aliphatic carboxylic acids is 1. The van der Waals surface area contributed by atoms with E-state index in [2.05, 4.69) is 40.7 Å². The van der Waals surface area contributed by atoms with E-state index in [9.17, 15) is 96.4 Å². The molecule has 33 nitrogen and oxygen atoms in total. The topological polar surface area (TPSA) is 515 Å². The first kappa shape index (κ1) is 77.3. The Labute approximate surface area is 571 Å². The largest absolute Gasteiger partial charge is 0.479 e. The Bertz CT molecular complexity index is 2870. The van der Waals surface area contributed by atoms with Crippen LogP contribution in [0.4, 0.5) is 0 Å². The Morgan fingerprint density at radius 1 is 0.545 bits per heavy atom. The maximum Gasteiger partial charge on any atom is 0.335 e. The van der Waals surface area contributed by atoms with E-state index in [-0.39, 0.29) is 30.6 Å². The number of methoxy groups -OCH3 is 1. The van der Waals surface area contributed by atoms with E-state index < -0.39 is 261 Å². The normalized spacial score (nSPS) is 54.5. The van der Waals surface area contributed by atoms with Crippen LogP contribution in [-0.4, -0.2) is 322 Å². The average molecular weight is 1430 g/mol.